The van der Waals surface area contributed by atoms with Crippen molar-refractivity contribution in [3.05, 3.63) is 0 Å². The number of rotatable bonds is 5. The van der Waals surface area contributed by atoms with Crippen LogP contribution in [0.2, 0.25) is 0 Å². The fraction of sp³-hybridized carbons (Fsp3) is 0.667. The molecule has 0 fully saturated rings. The SMILES string of the molecule is CC(F)(F)CC(NC=O)C(=O)O. The van der Waals surface area contributed by atoms with Gasteiger partial charge in [0, 0.05) is 6.42 Å². The molecular weight excluding hydrogens is 172 g/mol. The summed E-state index contributed by atoms with van der Waals surface area (Å²) in [5, 5.41) is 10.1. The number of carbonyl (C=O) groups is 2. The van der Waals surface area contributed by atoms with Crippen LogP contribution in [-0.4, -0.2) is 29.5 Å². The lowest BCUT2D eigenvalue weighted by atomic mass is 10.1. The Kier molecular flexibility index (Phi) is 3.59. The van der Waals surface area contributed by atoms with Gasteiger partial charge in [0.05, 0.1) is 0 Å². The smallest absolute Gasteiger partial charge is 0.326 e. The maximum atomic E-state index is 12.2. The molecule has 12 heavy (non-hydrogen) atoms. The van der Waals surface area contributed by atoms with Crippen molar-refractivity contribution >= 4 is 12.4 Å². The quantitative estimate of drug-likeness (QED) is 0.596. The van der Waals surface area contributed by atoms with E-state index in [-0.39, 0.29) is 6.41 Å². The van der Waals surface area contributed by atoms with Crippen molar-refractivity contribution in [1.82, 2.24) is 5.32 Å². The Bertz CT molecular complexity index is 178. The molecule has 0 spiro atoms. The van der Waals surface area contributed by atoms with Gasteiger partial charge < -0.3 is 10.4 Å². The number of hydrogen-bond donors (Lipinski definition) is 2. The zero-order valence-electron chi connectivity index (χ0n) is 6.38. The average Bonchev–Trinajstić information content (AvgIpc) is 1.83. The molecule has 0 aliphatic heterocycles. The van der Waals surface area contributed by atoms with Gasteiger partial charge in [0.2, 0.25) is 12.3 Å². The Morgan fingerprint density at radius 2 is 2.25 bits per heavy atom. The van der Waals surface area contributed by atoms with E-state index in [0.717, 1.165) is 0 Å². The Hall–Kier alpha value is -1.20. The molecule has 0 bridgehead atoms. The van der Waals surface area contributed by atoms with Crippen molar-refractivity contribution in [1.29, 1.82) is 0 Å². The maximum absolute atomic E-state index is 12.2. The third-order valence-corrected chi connectivity index (χ3v) is 1.13. The molecule has 0 aliphatic carbocycles. The molecule has 0 saturated carbocycles. The van der Waals surface area contributed by atoms with Gasteiger partial charge in [-0.1, -0.05) is 0 Å². The highest BCUT2D eigenvalue weighted by Crippen LogP contribution is 2.18. The Morgan fingerprint density at radius 1 is 1.75 bits per heavy atom. The van der Waals surface area contributed by atoms with Crippen LogP contribution in [0.4, 0.5) is 8.78 Å². The Labute approximate surface area is 67.6 Å². The first-order valence-corrected chi connectivity index (χ1v) is 3.17. The summed E-state index contributed by atoms with van der Waals surface area (Å²) in [7, 11) is 0. The largest absolute Gasteiger partial charge is 0.480 e. The molecule has 70 valence electrons. The van der Waals surface area contributed by atoms with Gasteiger partial charge in [-0.15, -0.1) is 0 Å². The Morgan fingerprint density at radius 3 is 2.50 bits per heavy atom. The fourth-order valence-electron chi connectivity index (χ4n) is 0.658. The first kappa shape index (κ1) is 10.8. The van der Waals surface area contributed by atoms with Crippen LogP contribution in [0.5, 0.6) is 0 Å². The third kappa shape index (κ3) is 4.59. The molecule has 0 saturated heterocycles. The summed E-state index contributed by atoms with van der Waals surface area (Å²) in [4.78, 5) is 20.0. The van der Waals surface area contributed by atoms with E-state index in [1.54, 1.807) is 5.32 Å². The van der Waals surface area contributed by atoms with Crippen molar-refractivity contribution in [2.24, 2.45) is 0 Å². The first-order valence-electron chi connectivity index (χ1n) is 3.17. The van der Waals surface area contributed by atoms with Crippen LogP contribution >= 0.6 is 0 Å². The van der Waals surface area contributed by atoms with Crippen LogP contribution in [0.1, 0.15) is 13.3 Å². The monoisotopic (exact) mass is 181 g/mol. The van der Waals surface area contributed by atoms with Crippen LogP contribution in [0.25, 0.3) is 0 Å². The highest BCUT2D eigenvalue weighted by Gasteiger charge is 2.30. The van der Waals surface area contributed by atoms with Crippen molar-refractivity contribution in [2.75, 3.05) is 0 Å². The summed E-state index contributed by atoms with van der Waals surface area (Å²) in [6, 6.07) is -1.53. The van der Waals surface area contributed by atoms with Gasteiger partial charge >= 0.3 is 5.97 Å². The summed E-state index contributed by atoms with van der Waals surface area (Å²) < 4.78 is 24.5. The van der Waals surface area contributed by atoms with Gasteiger partial charge in [-0.3, -0.25) is 4.79 Å². The lowest BCUT2D eigenvalue weighted by molar-refractivity contribution is -0.143. The number of hydrogen-bond acceptors (Lipinski definition) is 2. The van der Waals surface area contributed by atoms with E-state index in [1.165, 1.54) is 0 Å². The minimum atomic E-state index is -3.10. The van der Waals surface area contributed by atoms with Crippen molar-refractivity contribution < 1.29 is 23.5 Å². The van der Waals surface area contributed by atoms with Gasteiger partial charge in [0.25, 0.3) is 0 Å². The predicted molar refractivity (Wildman–Crippen MR) is 35.9 cm³/mol. The van der Waals surface area contributed by atoms with Crippen LogP contribution in [0.15, 0.2) is 0 Å². The molecule has 0 aromatic rings. The molecule has 6 heteroatoms. The number of alkyl halides is 2. The molecule has 0 aliphatic rings. The standard InChI is InChI=1S/C6H9F2NO3/c1-6(7,8)2-4(5(11)12)9-3-10/h3-4H,2H2,1H3,(H,9,10)(H,11,12). The fourth-order valence-corrected chi connectivity index (χ4v) is 0.658. The number of nitrogens with one attached hydrogen (secondary N) is 1. The Balaban J connectivity index is 4.13. The highest BCUT2D eigenvalue weighted by atomic mass is 19.3. The number of carboxylic acid groups (broad SMARTS) is 1. The van der Waals surface area contributed by atoms with E-state index in [0.29, 0.717) is 6.92 Å². The van der Waals surface area contributed by atoms with Gasteiger partial charge in [-0.05, 0) is 6.92 Å². The maximum Gasteiger partial charge on any atom is 0.326 e. The molecular formula is C6H9F2NO3. The molecule has 2 N–H and O–H groups in total. The summed E-state index contributed by atoms with van der Waals surface area (Å²) >= 11 is 0. The highest BCUT2D eigenvalue weighted by molar-refractivity contribution is 5.76. The molecule has 0 radical (unpaired) electrons. The lowest BCUT2D eigenvalue weighted by Crippen LogP contribution is -2.39. The summed E-state index contributed by atoms with van der Waals surface area (Å²) in [5.41, 5.74) is 0. The number of carboxylic acids is 1. The topological polar surface area (TPSA) is 66.4 Å². The molecule has 0 heterocycles. The molecule has 0 aromatic heterocycles. The second-order valence-corrected chi connectivity index (χ2v) is 2.45. The first-order chi connectivity index (χ1) is 5.37. The van der Waals surface area contributed by atoms with Crippen molar-refractivity contribution in [3.63, 3.8) is 0 Å². The summed E-state index contributed by atoms with van der Waals surface area (Å²) in [6.45, 7) is 0.593. The van der Waals surface area contributed by atoms with Gasteiger partial charge in [0.1, 0.15) is 6.04 Å². The minimum absolute atomic E-state index is 0.0878. The summed E-state index contributed by atoms with van der Waals surface area (Å²) in [6.07, 6.45) is -0.814. The molecule has 0 rings (SSSR count). The van der Waals surface area contributed by atoms with E-state index >= 15 is 0 Å². The molecule has 4 nitrogen and oxygen atoms in total. The zero-order chi connectivity index (χ0) is 9.78. The lowest BCUT2D eigenvalue weighted by Gasteiger charge is -2.15. The number of carbonyl (C=O) groups excluding carboxylic acids is 1. The molecule has 1 unspecified atom stereocenters. The van der Waals surface area contributed by atoms with E-state index in [4.69, 9.17) is 5.11 Å². The second kappa shape index (κ2) is 3.99. The average molecular weight is 181 g/mol. The van der Waals surface area contributed by atoms with E-state index in [2.05, 4.69) is 0 Å². The van der Waals surface area contributed by atoms with E-state index in [1.807, 2.05) is 0 Å². The van der Waals surface area contributed by atoms with Crippen molar-refractivity contribution in [3.8, 4) is 0 Å². The normalized spacial score (nSPS) is 13.6. The van der Waals surface area contributed by atoms with Gasteiger partial charge in [-0.2, -0.15) is 0 Å². The van der Waals surface area contributed by atoms with Gasteiger partial charge in [0.15, 0.2) is 0 Å². The van der Waals surface area contributed by atoms with E-state index in [9.17, 15) is 18.4 Å². The third-order valence-electron chi connectivity index (χ3n) is 1.13. The zero-order valence-corrected chi connectivity index (χ0v) is 6.38. The molecule has 1 amide bonds. The molecule has 1 atom stereocenters. The van der Waals surface area contributed by atoms with Gasteiger partial charge in [-0.25, -0.2) is 13.6 Å². The van der Waals surface area contributed by atoms with E-state index < -0.39 is 24.4 Å². The number of aliphatic carboxylic acids is 1. The summed E-state index contributed by atoms with van der Waals surface area (Å²) in [5.74, 6) is -4.57. The number of amides is 1. The second-order valence-electron chi connectivity index (χ2n) is 2.45. The van der Waals surface area contributed by atoms with Crippen LogP contribution < -0.4 is 5.32 Å². The van der Waals surface area contributed by atoms with Crippen LogP contribution in [0, 0.1) is 0 Å². The number of halogens is 2. The van der Waals surface area contributed by atoms with Crippen LogP contribution in [-0.2, 0) is 9.59 Å². The van der Waals surface area contributed by atoms with Crippen LogP contribution in [0.3, 0.4) is 0 Å². The predicted octanol–water partition coefficient (Wildman–Crippen LogP) is 0.231. The minimum Gasteiger partial charge on any atom is -0.480 e. The molecule has 0 aromatic carbocycles. The van der Waals surface area contributed by atoms with Crippen molar-refractivity contribution in [2.45, 2.75) is 25.3 Å².